The third kappa shape index (κ3) is 8.55. The summed E-state index contributed by atoms with van der Waals surface area (Å²) >= 11 is 0. The van der Waals surface area contributed by atoms with Crippen molar-refractivity contribution in [2.75, 3.05) is 31.6 Å². The number of carbonyl (C=O) groups excluding carboxylic acids is 2. The van der Waals surface area contributed by atoms with Crippen LogP contribution < -0.4 is 19.5 Å². The van der Waals surface area contributed by atoms with Gasteiger partial charge in [-0.15, -0.1) is 0 Å². The van der Waals surface area contributed by atoms with Gasteiger partial charge in [0.05, 0.1) is 18.6 Å². The van der Waals surface area contributed by atoms with Gasteiger partial charge in [0, 0.05) is 18.8 Å². The van der Waals surface area contributed by atoms with Gasteiger partial charge in [0.25, 0.3) is 15.9 Å². The zero-order chi connectivity index (χ0) is 31.5. The molecule has 0 aliphatic heterocycles. The summed E-state index contributed by atoms with van der Waals surface area (Å²) in [5.41, 5.74) is 1.50. The van der Waals surface area contributed by atoms with Crippen molar-refractivity contribution in [1.82, 2.24) is 10.2 Å². The molecule has 0 radical (unpaired) electrons. The molecule has 4 aromatic rings. The summed E-state index contributed by atoms with van der Waals surface area (Å²) in [6.07, 6.45) is 0. The minimum Gasteiger partial charge on any atom is -0.497 e. The monoisotopic (exact) mass is 621 g/mol. The van der Waals surface area contributed by atoms with Crippen LogP contribution in [0.3, 0.4) is 0 Å². The number of anilines is 1. The molecule has 0 heterocycles. The fourth-order valence-corrected chi connectivity index (χ4v) is 5.37. The Balaban J connectivity index is 1.54. The van der Waals surface area contributed by atoms with Crippen LogP contribution in [0.2, 0.25) is 0 Å². The molecule has 0 aliphatic rings. The van der Waals surface area contributed by atoms with Gasteiger partial charge in [-0.05, 0) is 71.8 Å². The van der Waals surface area contributed by atoms with E-state index in [0.717, 1.165) is 17.7 Å². The van der Waals surface area contributed by atoms with Crippen molar-refractivity contribution in [3.05, 3.63) is 120 Å². The van der Waals surface area contributed by atoms with E-state index in [1.54, 1.807) is 61.7 Å². The first-order valence-corrected chi connectivity index (χ1v) is 15.1. The molecule has 44 heavy (non-hydrogen) atoms. The van der Waals surface area contributed by atoms with Gasteiger partial charge < -0.3 is 24.8 Å². The van der Waals surface area contributed by atoms with Crippen LogP contribution in [0.15, 0.2) is 108 Å². The quantitative estimate of drug-likeness (QED) is 0.195. The van der Waals surface area contributed by atoms with Gasteiger partial charge in [-0.3, -0.25) is 14.3 Å². The van der Waals surface area contributed by atoms with Gasteiger partial charge >= 0.3 is 0 Å². The molecular formula is C32H32FN3O7S. The molecule has 0 aromatic heterocycles. The average Bonchev–Trinajstić information content (AvgIpc) is 3.04. The molecule has 0 fully saturated rings. The number of halogens is 1. The molecular weight excluding hydrogens is 589 g/mol. The van der Waals surface area contributed by atoms with Crippen LogP contribution in [-0.4, -0.2) is 57.1 Å². The lowest BCUT2D eigenvalue weighted by atomic mass is 10.0. The highest BCUT2D eigenvalue weighted by atomic mass is 32.2. The van der Waals surface area contributed by atoms with Crippen molar-refractivity contribution in [3.63, 3.8) is 0 Å². The van der Waals surface area contributed by atoms with Crippen LogP contribution in [-0.2, 0) is 26.2 Å². The lowest BCUT2D eigenvalue weighted by Crippen LogP contribution is -2.45. The Labute approximate surface area is 255 Å². The molecule has 0 saturated carbocycles. The number of rotatable bonds is 14. The maximum Gasteiger partial charge on any atom is 0.261 e. The van der Waals surface area contributed by atoms with E-state index in [9.17, 15) is 27.5 Å². The van der Waals surface area contributed by atoms with Crippen LogP contribution in [0.25, 0.3) is 0 Å². The second kappa shape index (κ2) is 15.0. The molecule has 2 amide bonds. The van der Waals surface area contributed by atoms with E-state index < -0.39 is 40.3 Å². The fourth-order valence-electron chi connectivity index (χ4n) is 4.31. The maximum absolute atomic E-state index is 13.7. The van der Waals surface area contributed by atoms with Crippen LogP contribution in [0.5, 0.6) is 11.5 Å². The molecule has 0 spiro atoms. The van der Waals surface area contributed by atoms with Gasteiger partial charge in [0.15, 0.2) is 6.61 Å². The Bertz CT molecular complexity index is 1630. The molecule has 4 rings (SSSR count). The minimum absolute atomic E-state index is 0.00844. The van der Waals surface area contributed by atoms with Crippen molar-refractivity contribution in [3.8, 4) is 11.5 Å². The molecule has 1 unspecified atom stereocenters. The second-order valence-corrected chi connectivity index (χ2v) is 11.3. The number of nitrogens with zero attached hydrogens (tertiary/aromatic N) is 1. The van der Waals surface area contributed by atoms with Crippen LogP contribution in [0.1, 0.15) is 17.2 Å². The molecule has 4 aromatic carbocycles. The Morgan fingerprint density at radius 3 is 2.14 bits per heavy atom. The fraction of sp³-hybridized carbons (Fsp3) is 0.188. The number of methoxy groups -OCH3 is 1. The third-order valence-electron chi connectivity index (χ3n) is 6.51. The standard InChI is InChI=1S/C32H32FN3O7S/c1-42-27-13-7-23(8-14-27)21-36(31(32(39)34-19-20-37)24-5-3-2-4-6-24)30(38)22-43-28-15-17-29(18-16-28)44(40,41)35-26-11-9-25(33)10-12-26/h2-18,31,35,37H,19-22H2,1H3,(H,34,39). The number of nitrogens with one attached hydrogen (secondary N) is 2. The number of aliphatic hydroxyl groups excluding tert-OH is 1. The van der Waals surface area contributed by atoms with Crippen molar-refractivity contribution in [2.45, 2.75) is 17.5 Å². The number of benzene rings is 4. The summed E-state index contributed by atoms with van der Waals surface area (Å²) in [4.78, 5) is 28.4. The first kappa shape index (κ1) is 32.0. The molecule has 12 heteroatoms. The van der Waals surface area contributed by atoms with E-state index in [0.29, 0.717) is 11.3 Å². The molecule has 10 nitrogen and oxygen atoms in total. The Morgan fingerprint density at radius 2 is 1.52 bits per heavy atom. The first-order valence-electron chi connectivity index (χ1n) is 13.6. The van der Waals surface area contributed by atoms with Crippen molar-refractivity contribution >= 4 is 27.5 Å². The lowest BCUT2D eigenvalue weighted by Gasteiger charge is -2.31. The van der Waals surface area contributed by atoms with Crippen LogP contribution in [0, 0.1) is 5.82 Å². The zero-order valence-corrected chi connectivity index (χ0v) is 24.7. The normalized spacial score (nSPS) is 11.7. The largest absolute Gasteiger partial charge is 0.497 e. The highest BCUT2D eigenvalue weighted by molar-refractivity contribution is 7.92. The van der Waals surface area contributed by atoms with E-state index in [1.807, 2.05) is 0 Å². The van der Waals surface area contributed by atoms with E-state index in [1.165, 1.54) is 41.3 Å². The average molecular weight is 622 g/mol. The Hall–Kier alpha value is -4.94. The molecule has 0 aliphatic carbocycles. The van der Waals surface area contributed by atoms with Gasteiger partial charge in [-0.25, -0.2) is 12.8 Å². The smallest absolute Gasteiger partial charge is 0.261 e. The zero-order valence-electron chi connectivity index (χ0n) is 23.9. The number of carbonyl (C=O) groups is 2. The summed E-state index contributed by atoms with van der Waals surface area (Å²) in [5.74, 6) is -0.621. The Kier molecular flexibility index (Phi) is 10.9. The number of amides is 2. The third-order valence-corrected chi connectivity index (χ3v) is 7.91. The number of ether oxygens (including phenoxy) is 2. The molecule has 3 N–H and O–H groups in total. The summed E-state index contributed by atoms with van der Waals surface area (Å²) in [6, 6.07) is 25.1. The predicted molar refractivity (Wildman–Crippen MR) is 162 cm³/mol. The SMILES string of the molecule is COc1ccc(CN(C(=O)COc2ccc(S(=O)(=O)Nc3ccc(F)cc3)cc2)C(C(=O)NCCO)c2ccccc2)cc1. The van der Waals surface area contributed by atoms with E-state index in [-0.39, 0.29) is 36.0 Å². The topological polar surface area (TPSA) is 134 Å². The number of sulfonamides is 1. The maximum atomic E-state index is 13.7. The van der Waals surface area contributed by atoms with Crippen molar-refractivity contribution in [1.29, 1.82) is 0 Å². The predicted octanol–water partition coefficient (Wildman–Crippen LogP) is 3.89. The summed E-state index contributed by atoms with van der Waals surface area (Å²) in [7, 11) is -2.42. The number of hydrogen-bond donors (Lipinski definition) is 3. The highest BCUT2D eigenvalue weighted by Gasteiger charge is 2.31. The van der Waals surface area contributed by atoms with Gasteiger partial charge in [-0.2, -0.15) is 0 Å². The number of hydrogen-bond acceptors (Lipinski definition) is 7. The van der Waals surface area contributed by atoms with E-state index in [2.05, 4.69) is 10.0 Å². The first-order chi connectivity index (χ1) is 21.2. The van der Waals surface area contributed by atoms with E-state index in [4.69, 9.17) is 9.47 Å². The van der Waals surface area contributed by atoms with Gasteiger partial charge in [-0.1, -0.05) is 42.5 Å². The van der Waals surface area contributed by atoms with Crippen molar-refractivity contribution < 1.29 is 37.0 Å². The molecule has 0 bridgehead atoms. The van der Waals surface area contributed by atoms with Gasteiger partial charge in [0.1, 0.15) is 23.4 Å². The second-order valence-electron chi connectivity index (χ2n) is 9.57. The molecule has 1 atom stereocenters. The highest BCUT2D eigenvalue weighted by Crippen LogP contribution is 2.26. The van der Waals surface area contributed by atoms with Crippen LogP contribution >= 0.6 is 0 Å². The molecule has 0 saturated heterocycles. The Morgan fingerprint density at radius 1 is 0.886 bits per heavy atom. The summed E-state index contributed by atoms with van der Waals surface area (Å²) in [6.45, 7) is -0.653. The summed E-state index contributed by atoms with van der Waals surface area (Å²) in [5, 5.41) is 11.9. The minimum atomic E-state index is -3.96. The molecule has 230 valence electrons. The van der Waals surface area contributed by atoms with Gasteiger partial charge in [0.2, 0.25) is 5.91 Å². The number of aliphatic hydroxyl groups is 1. The van der Waals surface area contributed by atoms with Crippen LogP contribution in [0.4, 0.5) is 10.1 Å². The van der Waals surface area contributed by atoms with E-state index >= 15 is 0 Å². The summed E-state index contributed by atoms with van der Waals surface area (Å²) < 4.78 is 52.0. The lowest BCUT2D eigenvalue weighted by molar-refractivity contribution is -0.143. The van der Waals surface area contributed by atoms with Crippen molar-refractivity contribution in [2.24, 2.45) is 0 Å².